The zero-order valence-corrected chi connectivity index (χ0v) is 11.5. The van der Waals surface area contributed by atoms with Crippen molar-refractivity contribution in [1.29, 1.82) is 0 Å². The first kappa shape index (κ1) is 14.5. The number of benzene rings is 1. The molecule has 4 heteroatoms. The smallest absolute Gasteiger partial charge is 0.315 e. The lowest BCUT2D eigenvalue weighted by Gasteiger charge is -2.19. The van der Waals surface area contributed by atoms with Crippen molar-refractivity contribution in [2.24, 2.45) is 0 Å². The van der Waals surface area contributed by atoms with Crippen molar-refractivity contribution in [2.45, 2.75) is 32.9 Å². The van der Waals surface area contributed by atoms with E-state index in [0.717, 1.165) is 11.1 Å². The molecule has 0 saturated carbocycles. The summed E-state index contributed by atoms with van der Waals surface area (Å²) in [6.45, 7) is 6.35. The molecule has 0 spiro atoms. The summed E-state index contributed by atoms with van der Waals surface area (Å²) in [5.41, 5.74) is 2.26. The second kappa shape index (κ2) is 7.01. The maximum absolute atomic E-state index is 11.5. The topological polar surface area (TPSA) is 50.4 Å². The zero-order chi connectivity index (χ0) is 13.5. The van der Waals surface area contributed by atoms with Crippen molar-refractivity contribution in [3.63, 3.8) is 0 Å². The second-order valence-electron chi connectivity index (χ2n) is 4.59. The third-order valence-corrected chi connectivity index (χ3v) is 2.69. The summed E-state index contributed by atoms with van der Waals surface area (Å²) in [5, 5.41) is 5.60. The number of rotatable bonds is 5. The molecule has 0 heterocycles. The number of nitrogens with one attached hydrogen (secondary N) is 2. The van der Waals surface area contributed by atoms with Crippen molar-refractivity contribution in [3.8, 4) is 0 Å². The van der Waals surface area contributed by atoms with Crippen LogP contribution in [0, 0.1) is 6.92 Å². The van der Waals surface area contributed by atoms with Gasteiger partial charge in [-0.2, -0.15) is 0 Å². The summed E-state index contributed by atoms with van der Waals surface area (Å²) in [6.07, 6.45) is -0.121. The van der Waals surface area contributed by atoms with Crippen LogP contribution in [-0.2, 0) is 4.74 Å². The summed E-state index contributed by atoms with van der Waals surface area (Å²) in [5.74, 6) is 0. The van der Waals surface area contributed by atoms with Gasteiger partial charge in [-0.15, -0.1) is 0 Å². The molecule has 0 aliphatic rings. The molecule has 2 N–H and O–H groups in total. The van der Waals surface area contributed by atoms with E-state index < -0.39 is 0 Å². The Labute approximate surface area is 109 Å². The Morgan fingerprint density at radius 1 is 1.33 bits per heavy atom. The molecular weight excluding hydrogens is 228 g/mol. The Balaban J connectivity index is 2.58. The fourth-order valence-corrected chi connectivity index (χ4v) is 1.77. The van der Waals surface area contributed by atoms with E-state index in [-0.39, 0.29) is 18.2 Å². The first-order chi connectivity index (χ1) is 8.54. The van der Waals surface area contributed by atoms with Gasteiger partial charge in [0.15, 0.2) is 0 Å². The molecule has 0 aromatic heterocycles. The van der Waals surface area contributed by atoms with E-state index in [0.29, 0.717) is 6.54 Å². The van der Waals surface area contributed by atoms with E-state index in [1.165, 1.54) is 0 Å². The number of hydrogen-bond donors (Lipinski definition) is 2. The van der Waals surface area contributed by atoms with Gasteiger partial charge >= 0.3 is 6.03 Å². The molecule has 18 heavy (non-hydrogen) atoms. The van der Waals surface area contributed by atoms with Crippen molar-refractivity contribution in [2.75, 3.05) is 13.7 Å². The van der Waals surface area contributed by atoms with Gasteiger partial charge in [0.05, 0.1) is 6.10 Å². The second-order valence-corrected chi connectivity index (χ2v) is 4.59. The molecule has 4 nitrogen and oxygen atoms in total. The highest BCUT2D eigenvalue weighted by Gasteiger charge is 2.13. The molecule has 0 unspecified atom stereocenters. The highest BCUT2D eigenvalue weighted by Crippen LogP contribution is 2.19. The highest BCUT2D eigenvalue weighted by atomic mass is 16.5. The van der Waals surface area contributed by atoms with Gasteiger partial charge in [0.25, 0.3) is 0 Å². The lowest BCUT2D eigenvalue weighted by Crippen LogP contribution is -2.41. The molecular formula is C14H22N2O2. The SMILES string of the molecule is CO[C@@H](CNC(=O)NC(C)C)c1ccccc1C. The minimum atomic E-state index is -0.166. The van der Waals surface area contributed by atoms with Crippen LogP contribution in [0.15, 0.2) is 24.3 Å². The molecule has 0 aliphatic carbocycles. The molecule has 2 amide bonds. The number of carbonyl (C=O) groups excluding carboxylic acids is 1. The van der Waals surface area contributed by atoms with Gasteiger partial charge in [-0.1, -0.05) is 24.3 Å². The van der Waals surface area contributed by atoms with Crippen LogP contribution < -0.4 is 10.6 Å². The quantitative estimate of drug-likeness (QED) is 0.843. The van der Waals surface area contributed by atoms with Crippen LogP contribution in [-0.4, -0.2) is 25.7 Å². The monoisotopic (exact) mass is 250 g/mol. The summed E-state index contributed by atoms with van der Waals surface area (Å²) >= 11 is 0. The van der Waals surface area contributed by atoms with E-state index in [1.807, 2.05) is 45.0 Å². The van der Waals surface area contributed by atoms with Crippen molar-refractivity contribution < 1.29 is 9.53 Å². The predicted molar refractivity (Wildman–Crippen MR) is 72.6 cm³/mol. The van der Waals surface area contributed by atoms with Gasteiger partial charge in [-0.25, -0.2) is 4.79 Å². The number of hydrogen-bond acceptors (Lipinski definition) is 2. The van der Waals surface area contributed by atoms with E-state index >= 15 is 0 Å². The van der Waals surface area contributed by atoms with Gasteiger partial charge in [0, 0.05) is 19.7 Å². The van der Waals surface area contributed by atoms with E-state index in [2.05, 4.69) is 10.6 Å². The van der Waals surface area contributed by atoms with Crippen LogP contribution in [0.5, 0.6) is 0 Å². The summed E-state index contributed by atoms with van der Waals surface area (Å²) in [4.78, 5) is 11.5. The fraction of sp³-hybridized carbons (Fsp3) is 0.500. The maximum Gasteiger partial charge on any atom is 0.315 e. The Bertz CT molecular complexity index is 391. The van der Waals surface area contributed by atoms with Crippen LogP contribution in [0.3, 0.4) is 0 Å². The number of ether oxygens (including phenoxy) is 1. The van der Waals surface area contributed by atoms with Gasteiger partial charge in [0.1, 0.15) is 0 Å². The number of aryl methyl sites for hydroxylation is 1. The largest absolute Gasteiger partial charge is 0.375 e. The highest BCUT2D eigenvalue weighted by molar-refractivity contribution is 5.74. The lowest BCUT2D eigenvalue weighted by molar-refractivity contribution is 0.103. The van der Waals surface area contributed by atoms with Gasteiger partial charge < -0.3 is 15.4 Å². The zero-order valence-electron chi connectivity index (χ0n) is 11.5. The minimum Gasteiger partial charge on any atom is -0.375 e. The standard InChI is InChI=1S/C14H22N2O2/c1-10(2)16-14(17)15-9-13(18-4)12-8-6-5-7-11(12)3/h5-8,10,13H,9H2,1-4H3,(H2,15,16,17)/t13-/m0/s1. The van der Waals surface area contributed by atoms with Gasteiger partial charge in [-0.05, 0) is 31.9 Å². The minimum absolute atomic E-state index is 0.121. The number of methoxy groups -OCH3 is 1. The Morgan fingerprint density at radius 3 is 2.56 bits per heavy atom. The molecule has 0 fully saturated rings. The van der Waals surface area contributed by atoms with Crippen molar-refractivity contribution >= 4 is 6.03 Å². The number of amides is 2. The predicted octanol–water partition coefficient (Wildman–Crippen LogP) is 2.39. The maximum atomic E-state index is 11.5. The van der Waals surface area contributed by atoms with Gasteiger partial charge in [0.2, 0.25) is 0 Å². The Morgan fingerprint density at radius 2 is 2.00 bits per heavy atom. The first-order valence-corrected chi connectivity index (χ1v) is 6.17. The van der Waals surface area contributed by atoms with Gasteiger partial charge in [-0.3, -0.25) is 0 Å². The van der Waals surface area contributed by atoms with E-state index in [1.54, 1.807) is 7.11 Å². The Kier molecular flexibility index (Phi) is 5.65. The van der Waals surface area contributed by atoms with Crippen LogP contribution in [0.1, 0.15) is 31.1 Å². The first-order valence-electron chi connectivity index (χ1n) is 6.17. The van der Waals surface area contributed by atoms with E-state index in [4.69, 9.17) is 4.74 Å². The fourth-order valence-electron chi connectivity index (χ4n) is 1.77. The van der Waals surface area contributed by atoms with E-state index in [9.17, 15) is 4.79 Å². The molecule has 0 bridgehead atoms. The Hall–Kier alpha value is -1.55. The lowest BCUT2D eigenvalue weighted by atomic mass is 10.0. The third-order valence-electron chi connectivity index (χ3n) is 2.69. The number of urea groups is 1. The van der Waals surface area contributed by atoms with Crippen LogP contribution in [0.4, 0.5) is 4.79 Å². The average Bonchev–Trinajstić information content (AvgIpc) is 2.31. The molecule has 1 aromatic rings. The molecule has 1 aromatic carbocycles. The number of carbonyl (C=O) groups is 1. The molecule has 0 aliphatic heterocycles. The molecule has 0 radical (unpaired) electrons. The molecule has 1 rings (SSSR count). The normalized spacial score (nSPS) is 12.3. The van der Waals surface area contributed by atoms with Crippen molar-refractivity contribution in [1.82, 2.24) is 10.6 Å². The third kappa shape index (κ3) is 4.37. The average molecular weight is 250 g/mol. The summed E-state index contributed by atoms with van der Waals surface area (Å²) in [6, 6.07) is 7.98. The molecule has 1 atom stereocenters. The van der Waals surface area contributed by atoms with Crippen LogP contribution in [0.2, 0.25) is 0 Å². The molecule has 100 valence electrons. The van der Waals surface area contributed by atoms with Crippen LogP contribution in [0.25, 0.3) is 0 Å². The molecule has 0 saturated heterocycles. The summed E-state index contributed by atoms with van der Waals surface area (Å²) < 4.78 is 5.43. The van der Waals surface area contributed by atoms with Crippen molar-refractivity contribution in [3.05, 3.63) is 35.4 Å². The van der Waals surface area contributed by atoms with Crippen LogP contribution >= 0.6 is 0 Å². The summed E-state index contributed by atoms with van der Waals surface area (Å²) in [7, 11) is 1.65.